The van der Waals surface area contributed by atoms with E-state index in [0.29, 0.717) is 12.5 Å². The van der Waals surface area contributed by atoms with Crippen molar-refractivity contribution in [3.8, 4) is 0 Å². The quantitative estimate of drug-likeness (QED) is 0.438. The van der Waals surface area contributed by atoms with E-state index in [0.717, 1.165) is 24.5 Å². The van der Waals surface area contributed by atoms with Gasteiger partial charge in [0, 0.05) is 20.1 Å². The molecular weight excluding hydrogens is 336 g/mol. The molecule has 0 aliphatic carbocycles. The van der Waals surface area contributed by atoms with Crippen molar-refractivity contribution >= 4 is 16.0 Å². The van der Waals surface area contributed by atoms with Gasteiger partial charge in [-0.1, -0.05) is 45.2 Å². The molecule has 142 valence electrons. The number of hydrogen-bond acceptors (Lipinski definition) is 3. The molecular formula is C18H32N4O2S. The van der Waals surface area contributed by atoms with Crippen molar-refractivity contribution in [2.24, 2.45) is 10.9 Å². The van der Waals surface area contributed by atoms with Crippen LogP contribution in [0.1, 0.15) is 45.1 Å². The third-order valence-electron chi connectivity index (χ3n) is 4.29. The van der Waals surface area contributed by atoms with Gasteiger partial charge in [0.15, 0.2) is 5.96 Å². The Morgan fingerprint density at radius 3 is 2.36 bits per heavy atom. The molecule has 0 aromatic heterocycles. The fourth-order valence-corrected chi connectivity index (χ4v) is 3.23. The minimum Gasteiger partial charge on any atom is -0.356 e. The first kappa shape index (κ1) is 21.4. The van der Waals surface area contributed by atoms with Crippen molar-refractivity contribution in [1.29, 1.82) is 0 Å². The molecule has 0 saturated carbocycles. The molecule has 0 heterocycles. The Labute approximate surface area is 152 Å². The van der Waals surface area contributed by atoms with Gasteiger partial charge in [0.2, 0.25) is 10.0 Å². The molecule has 0 fully saturated rings. The van der Waals surface area contributed by atoms with Gasteiger partial charge in [-0.05, 0) is 37.1 Å². The summed E-state index contributed by atoms with van der Waals surface area (Å²) in [5, 5.41) is 6.64. The van der Waals surface area contributed by atoms with Gasteiger partial charge in [-0.3, -0.25) is 4.99 Å². The number of rotatable bonds is 10. The average molecular weight is 369 g/mol. The lowest BCUT2D eigenvalue weighted by molar-refractivity contribution is 0.443. The second-order valence-electron chi connectivity index (χ2n) is 6.07. The van der Waals surface area contributed by atoms with Crippen LogP contribution in [-0.4, -0.2) is 35.0 Å². The summed E-state index contributed by atoms with van der Waals surface area (Å²) in [5.41, 5.74) is 0.996. The predicted molar refractivity (Wildman–Crippen MR) is 104 cm³/mol. The van der Waals surface area contributed by atoms with Gasteiger partial charge < -0.3 is 10.6 Å². The summed E-state index contributed by atoms with van der Waals surface area (Å²) >= 11 is 0. The molecule has 1 rings (SSSR count). The average Bonchev–Trinajstić information content (AvgIpc) is 2.64. The summed E-state index contributed by atoms with van der Waals surface area (Å²) < 4.78 is 25.8. The van der Waals surface area contributed by atoms with Gasteiger partial charge in [0.05, 0.1) is 4.90 Å². The summed E-state index contributed by atoms with van der Waals surface area (Å²) in [7, 11) is -0.224. The van der Waals surface area contributed by atoms with E-state index in [9.17, 15) is 8.42 Å². The third-order valence-corrected chi connectivity index (χ3v) is 5.72. The number of guanidine groups is 1. The Bertz CT molecular complexity index is 627. The standard InChI is InChI=1S/C18H32N4O2S/c1-5-7-8-15(6-2)13-21-18(19-3)22-14-16-9-11-17(12-10-16)25(23,24)20-4/h9-12,15,20H,5-8,13-14H2,1-4H3,(H2,19,21,22). The van der Waals surface area contributed by atoms with Crippen molar-refractivity contribution < 1.29 is 8.42 Å². The zero-order valence-electron chi connectivity index (χ0n) is 15.8. The van der Waals surface area contributed by atoms with Crippen LogP contribution in [0.4, 0.5) is 0 Å². The van der Waals surface area contributed by atoms with Gasteiger partial charge in [-0.2, -0.15) is 0 Å². The van der Waals surface area contributed by atoms with Crippen LogP contribution in [-0.2, 0) is 16.6 Å². The molecule has 1 aromatic rings. The van der Waals surface area contributed by atoms with E-state index in [1.807, 2.05) is 0 Å². The Kier molecular flexibility index (Phi) is 9.52. The van der Waals surface area contributed by atoms with Crippen molar-refractivity contribution in [2.75, 3.05) is 20.6 Å². The molecule has 0 bridgehead atoms. The topological polar surface area (TPSA) is 82.6 Å². The highest BCUT2D eigenvalue weighted by molar-refractivity contribution is 7.89. The van der Waals surface area contributed by atoms with Crippen LogP contribution in [0.5, 0.6) is 0 Å². The number of unbranched alkanes of at least 4 members (excludes halogenated alkanes) is 1. The monoisotopic (exact) mass is 368 g/mol. The van der Waals surface area contributed by atoms with Crippen molar-refractivity contribution in [1.82, 2.24) is 15.4 Å². The van der Waals surface area contributed by atoms with Crippen LogP contribution in [0, 0.1) is 5.92 Å². The van der Waals surface area contributed by atoms with Crippen molar-refractivity contribution in [2.45, 2.75) is 51.0 Å². The molecule has 1 atom stereocenters. The molecule has 0 amide bonds. The lowest BCUT2D eigenvalue weighted by atomic mass is 9.99. The maximum Gasteiger partial charge on any atom is 0.240 e. The SMILES string of the molecule is CCCCC(CC)CNC(=NC)NCc1ccc(S(=O)(=O)NC)cc1. The highest BCUT2D eigenvalue weighted by atomic mass is 32.2. The molecule has 0 aliphatic rings. The molecule has 1 aromatic carbocycles. The lowest BCUT2D eigenvalue weighted by Crippen LogP contribution is -2.39. The smallest absolute Gasteiger partial charge is 0.240 e. The number of nitrogens with zero attached hydrogens (tertiary/aromatic N) is 1. The van der Waals surface area contributed by atoms with Crippen LogP contribution < -0.4 is 15.4 Å². The van der Waals surface area contributed by atoms with Crippen LogP contribution in [0.3, 0.4) is 0 Å². The minimum atomic E-state index is -3.39. The van der Waals surface area contributed by atoms with Gasteiger partial charge in [0.25, 0.3) is 0 Å². The fourth-order valence-electron chi connectivity index (χ4n) is 2.50. The van der Waals surface area contributed by atoms with E-state index in [-0.39, 0.29) is 4.90 Å². The summed E-state index contributed by atoms with van der Waals surface area (Å²) in [6.07, 6.45) is 4.88. The normalized spacial score (nSPS) is 13.5. The highest BCUT2D eigenvalue weighted by Gasteiger charge is 2.10. The molecule has 1 unspecified atom stereocenters. The van der Waals surface area contributed by atoms with E-state index < -0.39 is 10.0 Å². The van der Waals surface area contributed by atoms with Gasteiger partial charge in [-0.15, -0.1) is 0 Å². The number of sulfonamides is 1. The van der Waals surface area contributed by atoms with E-state index in [1.165, 1.54) is 26.3 Å². The molecule has 6 nitrogen and oxygen atoms in total. The Hall–Kier alpha value is -1.60. The largest absolute Gasteiger partial charge is 0.356 e. The van der Waals surface area contributed by atoms with Crippen LogP contribution in [0.25, 0.3) is 0 Å². The zero-order valence-corrected chi connectivity index (χ0v) is 16.6. The molecule has 0 saturated heterocycles. The van der Waals surface area contributed by atoms with E-state index >= 15 is 0 Å². The molecule has 0 spiro atoms. The van der Waals surface area contributed by atoms with Crippen molar-refractivity contribution in [3.63, 3.8) is 0 Å². The first-order valence-corrected chi connectivity index (χ1v) is 10.4. The Morgan fingerprint density at radius 2 is 1.84 bits per heavy atom. The summed E-state index contributed by atoms with van der Waals surface area (Å²) in [6.45, 7) is 5.94. The molecule has 0 aliphatic heterocycles. The number of nitrogens with one attached hydrogen (secondary N) is 3. The third kappa shape index (κ3) is 7.44. The van der Waals surface area contributed by atoms with Crippen LogP contribution >= 0.6 is 0 Å². The molecule has 25 heavy (non-hydrogen) atoms. The van der Waals surface area contributed by atoms with E-state index in [2.05, 4.69) is 34.2 Å². The van der Waals surface area contributed by atoms with Gasteiger partial charge >= 0.3 is 0 Å². The van der Waals surface area contributed by atoms with Crippen molar-refractivity contribution in [3.05, 3.63) is 29.8 Å². The zero-order chi connectivity index (χ0) is 18.7. The maximum atomic E-state index is 11.7. The van der Waals surface area contributed by atoms with E-state index in [1.54, 1.807) is 31.3 Å². The summed E-state index contributed by atoms with van der Waals surface area (Å²) in [6, 6.07) is 6.83. The Balaban J connectivity index is 2.52. The maximum absolute atomic E-state index is 11.7. The van der Waals surface area contributed by atoms with Gasteiger partial charge in [0.1, 0.15) is 0 Å². The molecule has 0 radical (unpaired) electrons. The van der Waals surface area contributed by atoms with E-state index in [4.69, 9.17) is 0 Å². The van der Waals surface area contributed by atoms with Crippen LogP contribution in [0.15, 0.2) is 34.2 Å². The minimum absolute atomic E-state index is 0.267. The summed E-state index contributed by atoms with van der Waals surface area (Å²) in [4.78, 5) is 4.51. The van der Waals surface area contributed by atoms with Gasteiger partial charge in [-0.25, -0.2) is 13.1 Å². The second kappa shape index (κ2) is 11.1. The molecule has 7 heteroatoms. The first-order valence-electron chi connectivity index (χ1n) is 8.93. The second-order valence-corrected chi connectivity index (χ2v) is 7.96. The fraction of sp³-hybridized carbons (Fsp3) is 0.611. The first-order chi connectivity index (χ1) is 12.0. The molecule has 3 N–H and O–H groups in total. The lowest BCUT2D eigenvalue weighted by Gasteiger charge is -2.18. The Morgan fingerprint density at radius 1 is 1.16 bits per heavy atom. The highest BCUT2D eigenvalue weighted by Crippen LogP contribution is 2.11. The number of aliphatic imine (C=N–C) groups is 1. The number of benzene rings is 1. The predicted octanol–water partition coefficient (Wildman–Crippen LogP) is 2.48. The number of hydrogen-bond donors (Lipinski definition) is 3. The van der Waals surface area contributed by atoms with Crippen LogP contribution in [0.2, 0.25) is 0 Å². The summed E-state index contributed by atoms with van der Waals surface area (Å²) in [5.74, 6) is 1.42.